The number of thiol groups is 1. The summed E-state index contributed by atoms with van der Waals surface area (Å²) in [5, 5.41) is 13.6. The van der Waals surface area contributed by atoms with Crippen LogP contribution in [0.15, 0.2) is 129 Å². The molecular formula is C37H34S3Si+2. The molecule has 0 amide bonds. The average Bonchev–Trinajstić information content (AvgIpc) is 2.99. The van der Waals surface area contributed by atoms with E-state index < -0.39 is 8.07 Å². The topological polar surface area (TPSA) is 0 Å². The molecule has 0 bridgehead atoms. The van der Waals surface area contributed by atoms with Gasteiger partial charge in [0.15, 0.2) is 9.79 Å². The lowest BCUT2D eigenvalue weighted by Gasteiger charge is -2.28. The van der Waals surface area contributed by atoms with E-state index in [2.05, 4.69) is 141 Å². The quantitative estimate of drug-likeness (QED) is 0.0888. The molecular weight excluding hydrogens is 569 g/mol. The van der Waals surface area contributed by atoms with Crippen LogP contribution < -0.4 is 10.4 Å². The normalized spacial score (nSPS) is 14.7. The van der Waals surface area contributed by atoms with Crippen LogP contribution in [0, 0.1) is 0 Å². The molecule has 0 heterocycles. The molecule has 1 aliphatic carbocycles. The van der Waals surface area contributed by atoms with Crippen LogP contribution in [-0.2, 0) is 23.5 Å². The minimum Gasteiger partial charge on any atom is -0.138 e. The number of fused-ring (bicyclic) bond motifs is 4. The second-order valence-corrected chi connectivity index (χ2v) is 19.0. The van der Waals surface area contributed by atoms with Gasteiger partial charge in [-0.3, -0.25) is 0 Å². The molecule has 0 saturated carbocycles. The van der Waals surface area contributed by atoms with Gasteiger partial charge < -0.3 is 0 Å². The summed E-state index contributed by atoms with van der Waals surface area (Å²) in [6, 6.07) is 34.4. The Balaban J connectivity index is 1.64. The van der Waals surface area contributed by atoms with E-state index in [4.69, 9.17) is 12.6 Å². The highest BCUT2D eigenvalue weighted by Crippen LogP contribution is 2.40. The monoisotopic (exact) mass is 602 g/mol. The standard InChI is InChI=1S/C37H32S3Si/c1-40(28-13-6-4-7-14-28)36-30-17-11-10-12-24(30)18-25-19-26-20-27-21-34(38)35(39)23-33(27)37(32(26)22-31(25)36)41(2,3)29-15-8-5-9-16-29/h4-6,8-13,15-23H,7,14H2,1-3H3,(H-,38,39)/p+2. The van der Waals surface area contributed by atoms with Gasteiger partial charge in [0.2, 0.25) is 0 Å². The van der Waals surface area contributed by atoms with Gasteiger partial charge in [0.05, 0.1) is 15.8 Å². The lowest BCUT2D eigenvalue weighted by atomic mass is 9.97. The lowest BCUT2D eigenvalue weighted by molar-refractivity contribution is 1.02. The van der Waals surface area contributed by atoms with Crippen molar-refractivity contribution in [3.05, 3.63) is 114 Å². The zero-order valence-corrected chi connectivity index (χ0v) is 27.4. The molecule has 7 rings (SSSR count). The van der Waals surface area contributed by atoms with E-state index in [1.165, 1.54) is 58.4 Å². The zero-order chi connectivity index (χ0) is 28.3. The van der Waals surface area contributed by atoms with Crippen LogP contribution in [0.2, 0.25) is 13.1 Å². The Morgan fingerprint density at radius 3 is 2.15 bits per heavy atom. The Bertz CT molecular complexity index is 2050. The number of benzene rings is 6. The van der Waals surface area contributed by atoms with Gasteiger partial charge in [-0.15, -0.1) is 12.6 Å². The Kier molecular flexibility index (Phi) is 6.86. The van der Waals surface area contributed by atoms with Crippen LogP contribution in [0.4, 0.5) is 0 Å². The maximum atomic E-state index is 4.78. The molecule has 0 fully saturated rings. The second-order valence-electron chi connectivity index (χ2n) is 11.7. The van der Waals surface area contributed by atoms with Gasteiger partial charge in [-0.05, 0) is 99.0 Å². The van der Waals surface area contributed by atoms with Crippen LogP contribution in [-0.4, -0.2) is 14.3 Å². The summed E-state index contributed by atoms with van der Waals surface area (Å²) in [6.07, 6.45) is 11.6. The Morgan fingerprint density at radius 2 is 1.39 bits per heavy atom. The summed E-state index contributed by atoms with van der Waals surface area (Å²) in [6.45, 7) is 5.01. The van der Waals surface area contributed by atoms with Gasteiger partial charge >= 0.3 is 0 Å². The van der Waals surface area contributed by atoms with E-state index in [0.717, 1.165) is 22.6 Å². The molecule has 1 aliphatic rings. The Morgan fingerprint density at radius 1 is 0.732 bits per heavy atom. The van der Waals surface area contributed by atoms with E-state index in [1.807, 2.05) is 0 Å². The fourth-order valence-corrected chi connectivity index (χ4v) is 12.2. The van der Waals surface area contributed by atoms with Gasteiger partial charge in [-0.25, -0.2) is 0 Å². The van der Waals surface area contributed by atoms with E-state index in [-0.39, 0.29) is 10.9 Å². The van der Waals surface area contributed by atoms with Crippen molar-refractivity contribution >= 4 is 97.7 Å². The first-order valence-corrected chi connectivity index (χ1v) is 19.8. The maximum absolute atomic E-state index is 4.78. The van der Waals surface area contributed by atoms with Crippen LogP contribution in [0.5, 0.6) is 0 Å². The van der Waals surface area contributed by atoms with Crippen molar-refractivity contribution in [2.24, 2.45) is 0 Å². The molecule has 41 heavy (non-hydrogen) atoms. The Labute approximate surface area is 257 Å². The molecule has 6 aromatic rings. The molecule has 4 heteroatoms. The van der Waals surface area contributed by atoms with Crippen LogP contribution in [0.25, 0.3) is 43.1 Å². The van der Waals surface area contributed by atoms with Crippen molar-refractivity contribution in [1.82, 2.24) is 0 Å². The highest BCUT2D eigenvalue weighted by atomic mass is 32.2. The van der Waals surface area contributed by atoms with Crippen molar-refractivity contribution < 1.29 is 0 Å². The minimum absolute atomic E-state index is 0.00620. The fraction of sp³-hybridized carbons (Fsp3) is 0.135. The first-order chi connectivity index (χ1) is 19.8. The summed E-state index contributed by atoms with van der Waals surface area (Å²) < 4.78 is 0. The SMILES string of the molecule is C[S+](C1=CC=CCC1)c1c2ccccc2cc2cc3cc4cc(S)c([SH2+])cc4c([Si](C)(C)c4ccccc4)c3cc12. The number of rotatable bonds is 4. The summed E-state index contributed by atoms with van der Waals surface area (Å²) in [7, 11) is -2.11. The van der Waals surface area contributed by atoms with E-state index in [9.17, 15) is 0 Å². The van der Waals surface area contributed by atoms with Crippen LogP contribution in [0.3, 0.4) is 0 Å². The van der Waals surface area contributed by atoms with Gasteiger partial charge in [0.1, 0.15) is 19.2 Å². The van der Waals surface area contributed by atoms with Crippen LogP contribution in [0.1, 0.15) is 12.8 Å². The first kappa shape index (κ1) is 27.0. The molecule has 6 aromatic carbocycles. The summed E-state index contributed by atoms with van der Waals surface area (Å²) in [5.74, 6) is 0. The third kappa shape index (κ3) is 4.56. The average molecular weight is 603 g/mol. The molecule has 1 unspecified atom stereocenters. The molecule has 1 atom stereocenters. The largest absolute Gasteiger partial charge is 0.175 e. The van der Waals surface area contributed by atoms with Crippen LogP contribution >= 0.6 is 12.6 Å². The van der Waals surface area contributed by atoms with Crippen molar-refractivity contribution in [3.8, 4) is 0 Å². The highest BCUT2D eigenvalue weighted by molar-refractivity contribution is 8.00. The molecule has 0 nitrogen and oxygen atoms in total. The lowest BCUT2D eigenvalue weighted by Crippen LogP contribution is -2.53. The van der Waals surface area contributed by atoms with E-state index >= 15 is 0 Å². The number of hydrogen-bond donors (Lipinski definition) is 1. The molecule has 0 radical (unpaired) electrons. The minimum atomic E-state index is -2.11. The summed E-state index contributed by atoms with van der Waals surface area (Å²) in [5.41, 5.74) is 0. The second kappa shape index (κ2) is 10.4. The molecule has 202 valence electrons. The third-order valence-electron chi connectivity index (χ3n) is 8.80. The summed E-state index contributed by atoms with van der Waals surface area (Å²) in [4.78, 5) is 5.04. The maximum Gasteiger partial charge on any atom is 0.175 e. The molecule has 0 spiro atoms. The smallest absolute Gasteiger partial charge is 0.138 e. The van der Waals surface area contributed by atoms with Gasteiger partial charge in [0, 0.05) is 23.3 Å². The third-order valence-corrected chi connectivity index (χ3v) is 15.5. The molecule has 0 aromatic heterocycles. The predicted molar refractivity (Wildman–Crippen MR) is 193 cm³/mol. The molecule has 0 N–H and O–H groups in total. The number of allylic oxidation sites excluding steroid dienone is 4. The first-order valence-electron chi connectivity index (χ1n) is 14.2. The summed E-state index contributed by atoms with van der Waals surface area (Å²) >= 11 is 8.65. The predicted octanol–water partition coefficient (Wildman–Crippen LogP) is 8.62. The van der Waals surface area contributed by atoms with Crippen molar-refractivity contribution in [2.45, 2.75) is 40.6 Å². The van der Waals surface area contributed by atoms with Gasteiger partial charge in [-0.2, -0.15) is 0 Å². The highest BCUT2D eigenvalue weighted by Gasteiger charge is 2.32. The van der Waals surface area contributed by atoms with Gasteiger partial charge in [-0.1, -0.05) is 79.0 Å². The van der Waals surface area contributed by atoms with Crippen molar-refractivity contribution in [1.29, 1.82) is 0 Å². The molecule has 0 saturated heterocycles. The Hall–Kier alpha value is -2.89. The number of hydrogen-bond acceptors (Lipinski definition) is 1. The fourth-order valence-electron chi connectivity index (χ4n) is 6.65. The van der Waals surface area contributed by atoms with Crippen molar-refractivity contribution in [2.75, 3.05) is 6.26 Å². The van der Waals surface area contributed by atoms with E-state index in [0.29, 0.717) is 0 Å². The van der Waals surface area contributed by atoms with E-state index in [1.54, 1.807) is 4.91 Å². The zero-order valence-electron chi connectivity index (χ0n) is 23.7. The molecule has 0 aliphatic heterocycles. The van der Waals surface area contributed by atoms with Gasteiger partial charge in [0.25, 0.3) is 0 Å². The van der Waals surface area contributed by atoms with Crippen molar-refractivity contribution in [3.63, 3.8) is 0 Å².